The Balaban J connectivity index is 1.43. The van der Waals surface area contributed by atoms with E-state index in [0.717, 1.165) is 22.7 Å². The third kappa shape index (κ3) is 6.39. The van der Waals surface area contributed by atoms with E-state index in [-0.39, 0.29) is 27.9 Å². The summed E-state index contributed by atoms with van der Waals surface area (Å²) in [6.07, 6.45) is 0.903. The maximum atomic E-state index is 13.8. The highest BCUT2D eigenvalue weighted by molar-refractivity contribution is 7.93. The molecule has 2 aromatic carbocycles. The summed E-state index contributed by atoms with van der Waals surface area (Å²) >= 11 is 0.953. The molecule has 3 aromatic rings. The normalized spacial score (nSPS) is 21.7. The minimum absolute atomic E-state index is 0.0689. The maximum Gasteiger partial charge on any atom is 0.263 e. The number of halogens is 1. The van der Waals surface area contributed by atoms with Gasteiger partial charge in [-0.2, -0.15) is 4.37 Å². The Labute approximate surface area is 231 Å². The number of anilines is 1. The van der Waals surface area contributed by atoms with Crippen LogP contribution in [0.25, 0.3) is 0 Å². The van der Waals surface area contributed by atoms with Crippen molar-refractivity contribution in [2.75, 3.05) is 31.0 Å². The van der Waals surface area contributed by atoms with Crippen LogP contribution in [-0.4, -0.2) is 70.9 Å². The molecule has 0 aliphatic carbocycles. The zero-order valence-electron chi connectivity index (χ0n) is 21.9. The lowest BCUT2D eigenvalue weighted by Gasteiger charge is -2.48. The van der Waals surface area contributed by atoms with E-state index in [2.05, 4.69) is 19.0 Å². The van der Waals surface area contributed by atoms with Gasteiger partial charge >= 0.3 is 0 Å². The molecule has 2 N–H and O–H groups in total. The highest BCUT2D eigenvalue weighted by atomic mass is 32.2. The number of ether oxygens (including phenoxy) is 2. The van der Waals surface area contributed by atoms with E-state index in [9.17, 15) is 17.9 Å². The van der Waals surface area contributed by atoms with Gasteiger partial charge in [0.15, 0.2) is 0 Å². The number of rotatable bonds is 7. The SMILES string of the molecule is CC(C)(C)OC(O)N1CCN([C@H]2CCOc3cc(S(=O)(=O)Nc4ncns4)ccc32)[C@H](c2ccc(F)cc2)C1. The molecule has 13 heteroatoms. The van der Waals surface area contributed by atoms with Crippen molar-refractivity contribution in [3.63, 3.8) is 0 Å². The van der Waals surface area contributed by atoms with Gasteiger partial charge in [0.2, 0.25) is 11.5 Å². The summed E-state index contributed by atoms with van der Waals surface area (Å²) in [6, 6.07) is 11.1. The summed E-state index contributed by atoms with van der Waals surface area (Å²) in [5, 5.41) is 11.0. The molecule has 1 fully saturated rings. The number of nitrogens with one attached hydrogen (secondary N) is 1. The van der Waals surface area contributed by atoms with Crippen molar-refractivity contribution >= 4 is 26.7 Å². The van der Waals surface area contributed by atoms with Crippen LogP contribution in [0.5, 0.6) is 5.75 Å². The van der Waals surface area contributed by atoms with Crippen LogP contribution in [0.3, 0.4) is 0 Å². The second kappa shape index (κ2) is 11.1. The molecule has 0 bridgehead atoms. The Bertz CT molecular complexity index is 1380. The summed E-state index contributed by atoms with van der Waals surface area (Å²) < 4.78 is 57.6. The van der Waals surface area contributed by atoms with Gasteiger partial charge in [-0.15, -0.1) is 0 Å². The van der Waals surface area contributed by atoms with Crippen molar-refractivity contribution in [2.24, 2.45) is 0 Å². The molecule has 1 unspecified atom stereocenters. The lowest BCUT2D eigenvalue weighted by Crippen LogP contribution is -2.54. The molecule has 3 heterocycles. The molecule has 1 aromatic heterocycles. The van der Waals surface area contributed by atoms with Gasteiger partial charge in [-0.1, -0.05) is 18.2 Å². The first-order valence-corrected chi connectivity index (χ1v) is 14.9. The van der Waals surface area contributed by atoms with Crippen LogP contribution >= 0.6 is 11.5 Å². The molecule has 2 aliphatic rings. The van der Waals surface area contributed by atoms with E-state index in [1.807, 2.05) is 25.7 Å². The summed E-state index contributed by atoms with van der Waals surface area (Å²) in [4.78, 5) is 8.16. The number of aromatic nitrogens is 2. The minimum atomic E-state index is -3.87. The molecule has 0 amide bonds. The number of piperazine rings is 1. The zero-order valence-corrected chi connectivity index (χ0v) is 23.6. The van der Waals surface area contributed by atoms with Gasteiger partial charge < -0.3 is 14.6 Å². The summed E-state index contributed by atoms with van der Waals surface area (Å²) in [7, 11) is -3.87. The van der Waals surface area contributed by atoms with Crippen LogP contribution < -0.4 is 9.46 Å². The van der Waals surface area contributed by atoms with E-state index in [4.69, 9.17) is 9.47 Å². The molecule has 0 radical (unpaired) electrons. The third-order valence-electron chi connectivity index (χ3n) is 6.77. The average molecular weight is 578 g/mol. The van der Waals surface area contributed by atoms with Gasteiger partial charge in [-0.3, -0.25) is 14.5 Å². The number of hydrogen-bond acceptors (Lipinski definition) is 10. The largest absolute Gasteiger partial charge is 0.493 e. The van der Waals surface area contributed by atoms with Gasteiger partial charge in [-0.25, -0.2) is 17.8 Å². The Morgan fingerprint density at radius 3 is 2.64 bits per heavy atom. The molecule has 10 nitrogen and oxygen atoms in total. The van der Waals surface area contributed by atoms with E-state index in [1.165, 1.54) is 24.5 Å². The number of aliphatic hydroxyl groups excluding tert-OH is 1. The van der Waals surface area contributed by atoms with Crippen LogP contribution in [0.15, 0.2) is 53.7 Å². The van der Waals surface area contributed by atoms with Gasteiger partial charge in [0.1, 0.15) is 17.9 Å². The van der Waals surface area contributed by atoms with Gasteiger partial charge in [0.25, 0.3) is 10.0 Å². The molecule has 0 saturated carbocycles. The maximum absolute atomic E-state index is 13.8. The Kier molecular flexibility index (Phi) is 7.91. The first-order chi connectivity index (χ1) is 18.5. The van der Waals surface area contributed by atoms with Crippen molar-refractivity contribution in [3.05, 3.63) is 65.7 Å². The highest BCUT2D eigenvalue weighted by Gasteiger charge is 2.39. The lowest BCUT2D eigenvalue weighted by molar-refractivity contribution is -0.249. The number of benzene rings is 2. The standard InChI is InChI=1S/C26H32FN5O5S2/c1-26(2,3)37-25(33)31-11-12-32(22(15-31)17-4-6-18(27)7-5-17)21-10-13-36-23-14-19(8-9-20(21)23)39(34,35)30-24-28-16-29-38-24/h4-9,14,16,21-22,25,33H,10-13,15H2,1-3H3,(H,28,29,30)/t21-,22-,25?/m0/s1. The number of fused-ring (bicyclic) bond motifs is 1. The highest BCUT2D eigenvalue weighted by Crippen LogP contribution is 2.42. The van der Waals surface area contributed by atoms with Crippen molar-refractivity contribution in [1.82, 2.24) is 19.2 Å². The van der Waals surface area contributed by atoms with Gasteiger partial charge in [-0.05, 0) is 44.5 Å². The quantitative estimate of drug-likeness (QED) is 0.405. The molecule has 2 aliphatic heterocycles. The third-order valence-corrected chi connectivity index (χ3v) is 8.81. The first-order valence-electron chi connectivity index (χ1n) is 12.7. The molecule has 1 saturated heterocycles. The second-order valence-corrected chi connectivity index (χ2v) is 13.0. The van der Waals surface area contributed by atoms with Crippen molar-refractivity contribution in [2.45, 2.75) is 56.2 Å². The predicted octanol–water partition coefficient (Wildman–Crippen LogP) is 3.75. The van der Waals surface area contributed by atoms with Gasteiger partial charge in [0, 0.05) is 61.3 Å². The number of aliphatic hydroxyl groups is 1. The minimum Gasteiger partial charge on any atom is -0.493 e. The smallest absolute Gasteiger partial charge is 0.263 e. The van der Waals surface area contributed by atoms with Crippen LogP contribution in [-0.2, 0) is 14.8 Å². The molecule has 0 spiro atoms. The Morgan fingerprint density at radius 1 is 1.18 bits per heavy atom. The molecule has 5 rings (SSSR count). The van der Waals surface area contributed by atoms with Crippen molar-refractivity contribution in [3.8, 4) is 5.75 Å². The van der Waals surface area contributed by atoms with Crippen LogP contribution in [0.2, 0.25) is 0 Å². The Morgan fingerprint density at radius 2 is 1.95 bits per heavy atom. The van der Waals surface area contributed by atoms with E-state index in [1.54, 1.807) is 24.3 Å². The fourth-order valence-corrected chi connectivity index (χ4v) is 6.70. The molecular weight excluding hydrogens is 545 g/mol. The van der Waals surface area contributed by atoms with Crippen LogP contribution in [0.4, 0.5) is 9.52 Å². The van der Waals surface area contributed by atoms with Crippen molar-refractivity contribution in [1.29, 1.82) is 0 Å². The zero-order chi connectivity index (χ0) is 27.8. The Hall–Kier alpha value is -2.68. The molecular formula is C26H32FN5O5S2. The van der Waals surface area contributed by atoms with Crippen molar-refractivity contribution < 1.29 is 27.4 Å². The molecule has 3 atom stereocenters. The first kappa shape index (κ1) is 27.9. The summed E-state index contributed by atoms with van der Waals surface area (Å²) in [5.74, 6) is 0.184. The molecule has 39 heavy (non-hydrogen) atoms. The number of nitrogens with zero attached hydrogens (tertiary/aromatic N) is 4. The monoisotopic (exact) mass is 577 g/mol. The molecule has 210 valence electrons. The fourth-order valence-electron chi connectivity index (χ4n) is 5.02. The second-order valence-electron chi connectivity index (χ2n) is 10.6. The lowest BCUT2D eigenvalue weighted by atomic mass is 9.93. The predicted molar refractivity (Wildman–Crippen MR) is 144 cm³/mol. The fraction of sp³-hybridized carbons (Fsp3) is 0.462. The number of hydrogen-bond donors (Lipinski definition) is 2. The van der Waals surface area contributed by atoms with E-state index >= 15 is 0 Å². The average Bonchev–Trinajstić information content (AvgIpc) is 3.39. The van der Waals surface area contributed by atoms with Crippen LogP contribution in [0.1, 0.15) is 50.4 Å². The van der Waals surface area contributed by atoms with E-state index in [0.29, 0.717) is 38.4 Å². The topological polar surface area (TPSA) is 117 Å². The van der Waals surface area contributed by atoms with Gasteiger partial charge in [0.05, 0.1) is 17.1 Å². The summed E-state index contributed by atoms with van der Waals surface area (Å²) in [6.45, 7) is 7.71. The van der Waals surface area contributed by atoms with Crippen LogP contribution in [0, 0.1) is 5.82 Å². The van der Waals surface area contributed by atoms with E-state index < -0.39 is 22.0 Å². The summed E-state index contributed by atoms with van der Waals surface area (Å²) in [5.41, 5.74) is 1.27. The number of sulfonamides is 1.